The highest BCUT2D eigenvalue weighted by Gasteiger charge is 2.24. The Balaban J connectivity index is 2.16. The molecular formula is C26H26N4O6. The second kappa shape index (κ2) is 9.65. The number of hydrogen-bond acceptors (Lipinski definition) is 8. The molecule has 0 spiro atoms. The summed E-state index contributed by atoms with van der Waals surface area (Å²) in [5.41, 5.74) is 1.48. The van der Waals surface area contributed by atoms with Gasteiger partial charge in [-0.15, -0.1) is 0 Å². The van der Waals surface area contributed by atoms with Gasteiger partial charge in [-0.2, -0.15) is 0 Å². The Morgan fingerprint density at radius 1 is 1.03 bits per heavy atom. The van der Waals surface area contributed by atoms with Crippen LogP contribution in [0.15, 0.2) is 46.1 Å². The largest absolute Gasteiger partial charge is 0.496 e. The minimum atomic E-state index is -0.717. The molecule has 0 saturated heterocycles. The molecule has 4 aromatic rings. The SMILES string of the molecule is COC(=O)c1cc(C)nc2c1c(=O)n(Cc1ncc(C)c(OC)c1C)c(=O)n2-c1ccccc1OC. The van der Waals surface area contributed by atoms with Crippen LogP contribution in [-0.4, -0.2) is 46.4 Å². The monoisotopic (exact) mass is 490 g/mol. The summed E-state index contributed by atoms with van der Waals surface area (Å²) in [6.45, 7) is 5.18. The Morgan fingerprint density at radius 3 is 2.42 bits per heavy atom. The fourth-order valence-corrected chi connectivity index (χ4v) is 4.28. The van der Waals surface area contributed by atoms with Crippen LogP contribution in [0.3, 0.4) is 0 Å². The quantitative estimate of drug-likeness (QED) is 0.379. The molecule has 10 heteroatoms. The van der Waals surface area contributed by atoms with Gasteiger partial charge in [-0.3, -0.25) is 14.3 Å². The number of pyridine rings is 2. The number of hydrogen-bond donors (Lipinski definition) is 0. The van der Waals surface area contributed by atoms with Gasteiger partial charge in [-0.25, -0.2) is 19.1 Å². The first-order valence-corrected chi connectivity index (χ1v) is 11.1. The Labute approximate surface area is 206 Å². The minimum Gasteiger partial charge on any atom is -0.496 e. The highest BCUT2D eigenvalue weighted by molar-refractivity contribution is 6.02. The number of rotatable bonds is 6. The fourth-order valence-electron chi connectivity index (χ4n) is 4.28. The van der Waals surface area contributed by atoms with Crippen LogP contribution in [0.4, 0.5) is 0 Å². The number of methoxy groups -OCH3 is 3. The van der Waals surface area contributed by atoms with Gasteiger partial charge in [0.05, 0.1) is 50.2 Å². The number of benzene rings is 1. The summed E-state index contributed by atoms with van der Waals surface area (Å²) in [6.07, 6.45) is 1.62. The third-order valence-electron chi connectivity index (χ3n) is 6.01. The normalized spacial score (nSPS) is 10.9. The topological polar surface area (TPSA) is 115 Å². The molecule has 10 nitrogen and oxygen atoms in total. The molecular weight excluding hydrogens is 464 g/mol. The smallest absolute Gasteiger partial charge is 0.338 e. The summed E-state index contributed by atoms with van der Waals surface area (Å²) in [7, 11) is 4.25. The van der Waals surface area contributed by atoms with Crippen LogP contribution in [-0.2, 0) is 11.3 Å². The van der Waals surface area contributed by atoms with Crippen molar-refractivity contribution in [3.63, 3.8) is 0 Å². The first-order chi connectivity index (χ1) is 17.2. The lowest BCUT2D eigenvalue weighted by Gasteiger charge is -2.18. The van der Waals surface area contributed by atoms with Crippen molar-refractivity contribution in [3.8, 4) is 17.2 Å². The minimum absolute atomic E-state index is 0.00793. The summed E-state index contributed by atoms with van der Waals surface area (Å²) in [4.78, 5) is 49.3. The number of nitrogens with zero attached hydrogens (tertiary/aromatic N) is 4. The number of aromatic nitrogens is 4. The Bertz CT molecular complexity index is 1620. The maximum Gasteiger partial charge on any atom is 0.338 e. The Kier molecular flexibility index (Phi) is 6.61. The maximum absolute atomic E-state index is 13.9. The molecule has 0 aliphatic carbocycles. The molecule has 0 bridgehead atoms. The summed E-state index contributed by atoms with van der Waals surface area (Å²) >= 11 is 0. The number of para-hydroxylation sites is 2. The molecule has 0 unspecified atom stereocenters. The van der Waals surface area contributed by atoms with Crippen molar-refractivity contribution in [3.05, 3.63) is 85.4 Å². The van der Waals surface area contributed by atoms with Crippen molar-refractivity contribution in [1.82, 2.24) is 19.1 Å². The van der Waals surface area contributed by atoms with Crippen molar-refractivity contribution in [2.45, 2.75) is 27.3 Å². The van der Waals surface area contributed by atoms with Crippen LogP contribution < -0.4 is 20.7 Å². The van der Waals surface area contributed by atoms with E-state index >= 15 is 0 Å². The zero-order valence-electron chi connectivity index (χ0n) is 20.9. The Morgan fingerprint density at radius 2 is 1.75 bits per heavy atom. The lowest BCUT2D eigenvalue weighted by Crippen LogP contribution is -2.41. The predicted molar refractivity (Wildman–Crippen MR) is 134 cm³/mol. The van der Waals surface area contributed by atoms with Gasteiger partial charge in [-0.1, -0.05) is 12.1 Å². The lowest BCUT2D eigenvalue weighted by atomic mass is 10.1. The third-order valence-corrected chi connectivity index (χ3v) is 6.01. The highest BCUT2D eigenvalue weighted by Crippen LogP contribution is 2.26. The second-order valence-electron chi connectivity index (χ2n) is 8.23. The van der Waals surface area contributed by atoms with E-state index in [2.05, 4.69) is 9.97 Å². The molecule has 0 fully saturated rings. The van der Waals surface area contributed by atoms with Gasteiger partial charge in [0.1, 0.15) is 11.5 Å². The van der Waals surface area contributed by atoms with Crippen LogP contribution in [0.2, 0.25) is 0 Å². The van der Waals surface area contributed by atoms with Crippen LogP contribution in [0.1, 0.15) is 32.9 Å². The van der Waals surface area contributed by atoms with Crippen molar-refractivity contribution in [2.75, 3.05) is 21.3 Å². The lowest BCUT2D eigenvalue weighted by molar-refractivity contribution is 0.0602. The molecule has 3 heterocycles. The first kappa shape index (κ1) is 24.6. The van der Waals surface area contributed by atoms with Gasteiger partial charge in [-0.05, 0) is 39.0 Å². The molecule has 186 valence electrons. The second-order valence-corrected chi connectivity index (χ2v) is 8.23. The summed E-state index contributed by atoms with van der Waals surface area (Å²) in [5.74, 6) is 0.289. The van der Waals surface area contributed by atoms with E-state index in [-0.39, 0.29) is 23.1 Å². The van der Waals surface area contributed by atoms with Crippen molar-refractivity contribution >= 4 is 17.0 Å². The van der Waals surface area contributed by atoms with Crippen LogP contribution >= 0.6 is 0 Å². The van der Waals surface area contributed by atoms with E-state index in [0.29, 0.717) is 34.1 Å². The Hall–Kier alpha value is -4.47. The zero-order chi connectivity index (χ0) is 26.1. The van der Waals surface area contributed by atoms with Crippen molar-refractivity contribution in [1.29, 1.82) is 0 Å². The predicted octanol–water partition coefficient (Wildman–Crippen LogP) is 2.72. The third kappa shape index (κ3) is 4.00. The van der Waals surface area contributed by atoms with Crippen molar-refractivity contribution in [2.24, 2.45) is 0 Å². The first-order valence-electron chi connectivity index (χ1n) is 11.1. The van der Waals surface area contributed by atoms with E-state index in [1.807, 2.05) is 13.8 Å². The van der Waals surface area contributed by atoms with Crippen LogP contribution in [0, 0.1) is 20.8 Å². The average Bonchev–Trinajstić information content (AvgIpc) is 2.87. The number of ether oxygens (including phenoxy) is 3. The van der Waals surface area contributed by atoms with Gasteiger partial charge >= 0.3 is 11.7 Å². The molecule has 3 aromatic heterocycles. The molecule has 0 aliphatic heterocycles. The molecule has 0 atom stereocenters. The molecule has 0 radical (unpaired) electrons. The average molecular weight is 491 g/mol. The molecule has 0 saturated carbocycles. The number of carbonyl (C=O) groups is 1. The van der Waals surface area contributed by atoms with E-state index in [4.69, 9.17) is 14.2 Å². The maximum atomic E-state index is 13.9. The number of aryl methyl sites for hydroxylation is 2. The molecule has 0 aliphatic rings. The van der Waals surface area contributed by atoms with E-state index in [0.717, 1.165) is 10.1 Å². The molecule has 4 rings (SSSR count). The van der Waals surface area contributed by atoms with E-state index in [1.54, 1.807) is 44.5 Å². The van der Waals surface area contributed by atoms with Crippen LogP contribution in [0.5, 0.6) is 11.5 Å². The van der Waals surface area contributed by atoms with E-state index in [9.17, 15) is 14.4 Å². The van der Waals surface area contributed by atoms with Gasteiger partial charge in [0.25, 0.3) is 5.56 Å². The molecule has 0 amide bonds. The number of fused-ring (bicyclic) bond motifs is 1. The standard InChI is InChI=1S/C26H26N4O6/c1-14-12-27-18(16(3)22(14)35-5)13-29-24(31)21-17(25(32)36-6)11-15(2)28-23(21)30(26(29)33)19-9-7-8-10-20(19)34-4/h7-12H,13H2,1-6H3. The van der Waals surface area contributed by atoms with E-state index < -0.39 is 17.2 Å². The van der Waals surface area contributed by atoms with Gasteiger partial charge < -0.3 is 14.2 Å². The highest BCUT2D eigenvalue weighted by atomic mass is 16.5. The molecule has 0 N–H and O–H groups in total. The van der Waals surface area contributed by atoms with Gasteiger partial charge in [0, 0.05) is 23.0 Å². The van der Waals surface area contributed by atoms with Crippen LogP contribution in [0.25, 0.3) is 16.7 Å². The van der Waals surface area contributed by atoms with Crippen molar-refractivity contribution < 1.29 is 19.0 Å². The van der Waals surface area contributed by atoms with Gasteiger partial charge in [0.2, 0.25) is 0 Å². The summed E-state index contributed by atoms with van der Waals surface area (Å²) in [6, 6.07) is 8.33. The molecule has 1 aromatic carbocycles. The van der Waals surface area contributed by atoms with Gasteiger partial charge in [0.15, 0.2) is 5.65 Å². The zero-order valence-corrected chi connectivity index (χ0v) is 20.9. The molecule has 36 heavy (non-hydrogen) atoms. The summed E-state index contributed by atoms with van der Waals surface area (Å²) in [5, 5.41) is -0.0466. The number of carbonyl (C=O) groups excluding carboxylic acids is 1. The summed E-state index contributed by atoms with van der Waals surface area (Å²) < 4.78 is 18.2. The fraction of sp³-hybridized carbons (Fsp3) is 0.269. The van der Waals surface area contributed by atoms with E-state index in [1.165, 1.54) is 24.9 Å². The number of esters is 1.